The Bertz CT molecular complexity index is 539. The first kappa shape index (κ1) is 15.2. The molecule has 0 saturated heterocycles. The summed E-state index contributed by atoms with van der Waals surface area (Å²) in [5.74, 6) is 1.47. The smallest absolute Gasteiger partial charge is 0.226 e. The summed E-state index contributed by atoms with van der Waals surface area (Å²) < 4.78 is 6.34. The first-order valence-electron chi connectivity index (χ1n) is 6.93. The zero-order valence-corrected chi connectivity index (χ0v) is 13.5. The van der Waals surface area contributed by atoms with Gasteiger partial charge in [0.15, 0.2) is 5.82 Å². The Balaban J connectivity index is 1.83. The van der Waals surface area contributed by atoms with Crippen molar-refractivity contribution in [1.29, 1.82) is 0 Å². The molecule has 0 bridgehead atoms. The van der Waals surface area contributed by atoms with E-state index in [0.29, 0.717) is 12.5 Å². The first-order chi connectivity index (χ1) is 9.63. The van der Waals surface area contributed by atoms with E-state index in [4.69, 9.17) is 4.52 Å². The number of aryl methyl sites for hydroxylation is 1. The lowest BCUT2D eigenvalue weighted by atomic mass is 10.1. The van der Waals surface area contributed by atoms with Gasteiger partial charge in [0.1, 0.15) is 0 Å². The Morgan fingerprint density at radius 3 is 2.95 bits per heavy atom. The second-order valence-electron chi connectivity index (χ2n) is 5.12. The van der Waals surface area contributed by atoms with Crippen LogP contribution < -0.4 is 5.32 Å². The van der Waals surface area contributed by atoms with Gasteiger partial charge in [-0.15, -0.1) is 0 Å². The van der Waals surface area contributed by atoms with Gasteiger partial charge < -0.3 is 9.84 Å². The zero-order valence-electron chi connectivity index (χ0n) is 11.9. The van der Waals surface area contributed by atoms with E-state index < -0.39 is 0 Å². The van der Waals surface area contributed by atoms with Crippen molar-refractivity contribution in [2.45, 2.75) is 39.2 Å². The van der Waals surface area contributed by atoms with E-state index in [0.717, 1.165) is 35.6 Å². The highest BCUT2D eigenvalue weighted by atomic mass is 79.9. The predicted molar refractivity (Wildman–Crippen MR) is 82.7 cm³/mol. The van der Waals surface area contributed by atoms with Gasteiger partial charge in [0, 0.05) is 23.4 Å². The molecule has 0 radical (unpaired) electrons. The fourth-order valence-electron chi connectivity index (χ4n) is 1.92. The largest absolute Gasteiger partial charge is 0.339 e. The van der Waals surface area contributed by atoms with Crippen LogP contribution in [-0.4, -0.2) is 22.7 Å². The van der Waals surface area contributed by atoms with Crippen LogP contribution in [0.2, 0.25) is 0 Å². The van der Waals surface area contributed by atoms with Crippen LogP contribution in [0.15, 0.2) is 33.3 Å². The third kappa shape index (κ3) is 5.06. The standard InChI is InChI=1S/C15H20BrN3O/c1-11(2)17-8-4-7-15-18-14(19-20-15)10-12-5-3-6-13(16)9-12/h3,5-6,9,11,17H,4,7-8,10H2,1-2H3. The number of hydrogen-bond donors (Lipinski definition) is 1. The van der Waals surface area contributed by atoms with E-state index in [-0.39, 0.29) is 0 Å². The molecule has 2 rings (SSSR count). The van der Waals surface area contributed by atoms with Crippen molar-refractivity contribution in [3.05, 3.63) is 46.0 Å². The average Bonchev–Trinajstić information content (AvgIpc) is 2.82. The minimum Gasteiger partial charge on any atom is -0.339 e. The summed E-state index contributed by atoms with van der Waals surface area (Å²) in [5.41, 5.74) is 1.17. The predicted octanol–water partition coefficient (Wildman–Crippen LogP) is 3.35. The van der Waals surface area contributed by atoms with Crippen LogP contribution in [0.3, 0.4) is 0 Å². The summed E-state index contributed by atoms with van der Waals surface area (Å²) in [6, 6.07) is 8.67. The van der Waals surface area contributed by atoms with Crippen molar-refractivity contribution in [3.8, 4) is 0 Å². The quantitative estimate of drug-likeness (QED) is 0.787. The molecule has 2 aromatic rings. The van der Waals surface area contributed by atoms with Crippen LogP contribution in [0.25, 0.3) is 0 Å². The Hall–Kier alpha value is -1.20. The lowest BCUT2D eigenvalue weighted by molar-refractivity contribution is 0.369. The van der Waals surface area contributed by atoms with E-state index in [1.807, 2.05) is 12.1 Å². The van der Waals surface area contributed by atoms with Gasteiger partial charge in [-0.1, -0.05) is 47.1 Å². The summed E-state index contributed by atoms with van der Waals surface area (Å²) in [6.45, 7) is 5.26. The van der Waals surface area contributed by atoms with Gasteiger partial charge >= 0.3 is 0 Å². The molecule has 1 N–H and O–H groups in total. The van der Waals surface area contributed by atoms with Crippen LogP contribution in [-0.2, 0) is 12.8 Å². The number of rotatable bonds is 7. The number of halogens is 1. The molecule has 0 amide bonds. The van der Waals surface area contributed by atoms with Crippen molar-refractivity contribution in [2.24, 2.45) is 0 Å². The zero-order chi connectivity index (χ0) is 14.4. The molecule has 0 unspecified atom stereocenters. The fraction of sp³-hybridized carbons (Fsp3) is 0.467. The molecule has 0 saturated carbocycles. The molecule has 0 aliphatic heterocycles. The van der Waals surface area contributed by atoms with Crippen LogP contribution in [0, 0.1) is 0 Å². The summed E-state index contributed by atoms with van der Waals surface area (Å²) in [5, 5.41) is 7.41. The molecule has 5 heteroatoms. The van der Waals surface area contributed by atoms with Crippen molar-refractivity contribution in [2.75, 3.05) is 6.54 Å². The van der Waals surface area contributed by atoms with Crippen LogP contribution in [0.4, 0.5) is 0 Å². The third-order valence-electron chi connectivity index (χ3n) is 2.88. The molecule has 1 aromatic heterocycles. The normalized spacial score (nSPS) is 11.2. The summed E-state index contributed by atoms with van der Waals surface area (Å²) in [4.78, 5) is 4.43. The molecular weight excluding hydrogens is 318 g/mol. The molecule has 1 heterocycles. The van der Waals surface area contributed by atoms with Crippen LogP contribution >= 0.6 is 15.9 Å². The summed E-state index contributed by atoms with van der Waals surface area (Å²) in [6.07, 6.45) is 2.54. The van der Waals surface area contributed by atoms with Crippen molar-refractivity contribution in [3.63, 3.8) is 0 Å². The highest BCUT2D eigenvalue weighted by Gasteiger charge is 2.07. The van der Waals surface area contributed by atoms with Gasteiger partial charge in [0.05, 0.1) is 0 Å². The van der Waals surface area contributed by atoms with E-state index in [9.17, 15) is 0 Å². The van der Waals surface area contributed by atoms with Gasteiger partial charge in [-0.05, 0) is 30.7 Å². The SMILES string of the molecule is CC(C)NCCCc1nc(Cc2cccc(Br)c2)no1. The third-order valence-corrected chi connectivity index (χ3v) is 3.37. The topological polar surface area (TPSA) is 51.0 Å². The minimum absolute atomic E-state index is 0.518. The molecule has 4 nitrogen and oxygen atoms in total. The molecule has 1 aromatic carbocycles. The average molecular weight is 338 g/mol. The van der Waals surface area contributed by atoms with Gasteiger partial charge in [0.2, 0.25) is 5.89 Å². The van der Waals surface area contributed by atoms with Crippen molar-refractivity contribution >= 4 is 15.9 Å². The van der Waals surface area contributed by atoms with E-state index in [2.05, 4.69) is 57.4 Å². The summed E-state index contributed by atoms with van der Waals surface area (Å²) in [7, 11) is 0. The Kier molecular flexibility index (Phi) is 5.73. The molecule has 0 aliphatic rings. The molecule has 108 valence electrons. The molecule has 0 atom stereocenters. The van der Waals surface area contributed by atoms with Crippen LogP contribution in [0.1, 0.15) is 37.5 Å². The fourth-order valence-corrected chi connectivity index (χ4v) is 2.37. The van der Waals surface area contributed by atoms with Crippen molar-refractivity contribution < 1.29 is 4.52 Å². The van der Waals surface area contributed by atoms with E-state index in [1.54, 1.807) is 0 Å². The lowest BCUT2D eigenvalue weighted by Gasteiger charge is -2.05. The Labute approximate surface area is 128 Å². The Morgan fingerprint density at radius 2 is 2.20 bits per heavy atom. The number of benzene rings is 1. The van der Waals surface area contributed by atoms with E-state index >= 15 is 0 Å². The number of hydrogen-bond acceptors (Lipinski definition) is 4. The number of nitrogens with zero attached hydrogens (tertiary/aromatic N) is 2. The van der Waals surface area contributed by atoms with Gasteiger partial charge in [-0.25, -0.2) is 0 Å². The molecule has 0 aliphatic carbocycles. The second kappa shape index (κ2) is 7.55. The maximum atomic E-state index is 5.27. The second-order valence-corrected chi connectivity index (χ2v) is 6.04. The van der Waals surface area contributed by atoms with Gasteiger partial charge in [0.25, 0.3) is 0 Å². The lowest BCUT2D eigenvalue weighted by Crippen LogP contribution is -2.23. The first-order valence-corrected chi connectivity index (χ1v) is 7.72. The Morgan fingerprint density at radius 1 is 1.35 bits per heavy atom. The maximum absolute atomic E-state index is 5.27. The number of nitrogens with one attached hydrogen (secondary N) is 1. The highest BCUT2D eigenvalue weighted by Crippen LogP contribution is 2.14. The minimum atomic E-state index is 0.518. The van der Waals surface area contributed by atoms with Crippen molar-refractivity contribution in [1.82, 2.24) is 15.5 Å². The molecule has 20 heavy (non-hydrogen) atoms. The molecular formula is C15H20BrN3O. The molecule has 0 fully saturated rings. The highest BCUT2D eigenvalue weighted by molar-refractivity contribution is 9.10. The maximum Gasteiger partial charge on any atom is 0.226 e. The molecule has 0 spiro atoms. The van der Waals surface area contributed by atoms with Gasteiger partial charge in [-0.2, -0.15) is 4.98 Å². The van der Waals surface area contributed by atoms with Gasteiger partial charge in [-0.3, -0.25) is 0 Å². The van der Waals surface area contributed by atoms with E-state index in [1.165, 1.54) is 5.56 Å². The van der Waals surface area contributed by atoms with Crippen LogP contribution in [0.5, 0.6) is 0 Å². The number of aromatic nitrogens is 2. The monoisotopic (exact) mass is 337 g/mol. The summed E-state index contributed by atoms with van der Waals surface area (Å²) >= 11 is 3.46.